The lowest BCUT2D eigenvalue weighted by Crippen LogP contribution is -2.46. The first-order valence-corrected chi connectivity index (χ1v) is 8.83. The maximum atomic E-state index is 12.8. The number of primary amides is 1. The Kier molecular flexibility index (Phi) is 7.45. The number of hydrogen-bond acceptors (Lipinski definition) is 5. The number of carbonyl (C=O) groups is 3. The number of allylic oxidation sites excluding steroid dienone is 2. The molecule has 0 aliphatic carbocycles. The summed E-state index contributed by atoms with van der Waals surface area (Å²) in [5.41, 5.74) is 6.58. The summed E-state index contributed by atoms with van der Waals surface area (Å²) in [5, 5.41) is 2.61. The number of ketones is 1. The first-order chi connectivity index (χ1) is 13.4. The zero-order valence-electron chi connectivity index (χ0n) is 15.7. The van der Waals surface area contributed by atoms with E-state index in [0.717, 1.165) is 0 Å². The van der Waals surface area contributed by atoms with Crippen LogP contribution in [0.4, 0.5) is 0 Å². The summed E-state index contributed by atoms with van der Waals surface area (Å²) in [6.45, 7) is 5.78. The second-order valence-electron chi connectivity index (χ2n) is 6.08. The van der Waals surface area contributed by atoms with Crippen LogP contribution in [-0.4, -0.2) is 36.0 Å². The Balaban J connectivity index is 2.48. The molecule has 0 fully saturated rings. The number of rotatable bonds is 3. The van der Waals surface area contributed by atoms with Gasteiger partial charge in [-0.25, -0.2) is 4.99 Å². The van der Waals surface area contributed by atoms with Crippen LogP contribution < -0.4 is 11.1 Å². The zero-order chi connectivity index (χ0) is 20.5. The average molecular weight is 381 g/mol. The summed E-state index contributed by atoms with van der Waals surface area (Å²) in [5.74, 6) is -2.05. The van der Waals surface area contributed by atoms with E-state index < -0.39 is 23.6 Å². The fourth-order valence-corrected chi connectivity index (χ4v) is 2.66. The first-order valence-electron chi connectivity index (χ1n) is 8.83. The predicted molar refractivity (Wildman–Crippen MR) is 107 cm³/mol. The van der Waals surface area contributed by atoms with Crippen LogP contribution in [0.25, 0.3) is 0 Å². The van der Waals surface area contributed by atoms with Gasteiger partial charge in [-0.2, -0.15) is 0 Å². The SMILES string of the molecule is C=C/C=C1\N=C(/C)c2ccccc2C(=O)NC(C(=O)C(N)=O)C/C=C\CCO1. The van der Waals surface area contributed by atoms with Crippen molar-refractivity contribution in [1.29, 1.82) is 0 Å². The predicted octanol–water partition coefficient (Wildman–Crippen LogP) is 2.04. The van der Waals surface area contributed by atoms with Crippen LogP contribution >= 0.6 is 0 Å². The minimum Gasteiger partial charge on any atom is -0.477 e. The van der Waals surface area contributed by atoms with Crippen LogP contribution in [0.3, 0.4) is 0 Å². The Morgan fingerprint density at radius 2 is 2.00 bits per heavy atom. The molecule has 0 radical (unpaired) electrons. The van der Waals surface area contributed by atoms with Crippen molar-refractivity contribution in [2.45, 2.75) is 25.8 Å². The number of nitrogens with one attached hydrogen (secondary N) is 1. The number of carbonyl (C=O) groups excluding carboxylic acids is 3. The molecule has 1 atom stereocenters. The van der Waals surface area contributed by atoms with E-state index in [2.05, 4.69) is 16.9 Å². The number of hydrogen-bond donors (Lipinski definition) is 2. The van der Waals surface area contributed by atoms with Gasteiger partial charge >= 0.3 is 0 Å². The van der Waals surface area contributed by atoms with Crippen molar-refractivity contribution < 1.29 is 19.1 Å². The Morgan fingerprint density at radius 1 is 1.29 bits per heavy atom. The molecule has 1 aliphatic rings. The van der Waals surface area contributed by atoms with E-state index in [1.54, 1.807) is 55.5 Å². The highest BCUT2D eigenvalue weighted by Gasteiger charge is 2.25. The van der Waals surface area contributed by atoms with Crippen molar-refractivity contribution in [2.75, 3.05) is 6.61 Å². The minimum atomic E-state index is -1.09. The molecule has 3 N–H and O–H groups in total. The highest BCUT2D eigenvalue weighted by molar-refractivity contribution is 6.38. The largest absolute Gasteiger partial charge is 0.477 e. The summed E-state index contributed by atoms with van der Waals surface area (Å²) in [6.07, 6.45) is 7.43. The third-order valence-corrected chi connectivity index (χ3v) is 4.04. The van der Waals surface area contributed by atoms with Gasteiger partial charge in [-0.05, 0) is 31.9 Å². The van der Waals surface area contributed by atoms with Crippen LogP contribution in [0.5, 0.6) is 0 Å². The molecule has 7 heteroatoms. The maximum Gasteiger partial charge on any atom is 0.287 e. The molecule has 2 amide bonds. The van der Waals surface area contributed by atoms with Crippen molar-refractivity contribution in [1.82, 2.24) is 5.32 Å². The summed E-state index contributed by atoms with van der Waals surface area (Å²) in [7, 11) is 0. The number of aliphatic imine (C=N–C) groups is 1. The Labute approximate surface area is 163 Å². The van der Waals surface area contributed by atoms with Crippen LogP contribution in [0.15, 0.2) is 66.0 Å². The topological polar surface area (TPSA) is 111 Å². The molecule has 0 saturated heterocycles. The fraction of sp³-hybridized carbons (Fsp3) is 0.238. The summed E-state index contributed by atoms with van der Waals surface area (Å²) < 4.78 is 5.66. The minimum absolute atomic E-state index is 0.151. The van der Waals surface area contributed by atoms with Gasteiger partial charge in [0.05, 0.1) is 6.61 Å². The van der Waals surface area contributed by atoms with Gasteiger partial charge in [-0.1, -0.05) is 43.0 Å². The van der Waals surface area contributed by atoms with Gasteiger partial charge in [-0.3, -0.25) is 14.4 Å². The molecule has 0 spiro atoms. The molecule has 1 aromatic carbocycles. The molecular weight excluding hydrogens is 358 g/mol. The molecule has 146 valence electrons. The van der Waals surface area contributed by atoms with Crippen LogP contribution in [0.2, 0.25) is 0 Å². The third-order valence-electron chi connectivity index (χ3n) is 4.04. The molecular formula is C21H23N3O4. The van der Waals surface area contributed by atoms with Gasteiger partial charge in [0.1, 0.15) is 6.04 Å². The highest BCUT2D eigenvalue weighted by atomic mass is 16.5. The maximum absolute atomic E-state index is 12.8. The van der Waals surface area contributed by atoms with Crippen molar-refractivity contribution in [2.24, 2.45) is 10.7 Å². The zero-order valence-corrected chi connectivity index (χ0v) is 15.7. The van der Waals surface area contributed by atoms with Crippen LogP contribution in [-0.2, 0) is 14.3 Å². The summed E-state index contributed by atoms with van der Waals surface area (Å²) in [4.78, 5) is 40.7. The molecule has 0 bridgehead atoms. The van der Waals surface area contributed by atoms with Crippen molar-refractivity contribution in [3.63, 3.8) is 0 Å². The normalized spacial score (nSPS) is 22.5. The van der Waals surface area contributed by atoms with Gasteiger partial charge in [-0.15, -0.1) is 0 Å². The number of fused-ring (bicyclic) bond motifs is 1. The number of ether oxygens (including phenoxy) is 1. The Bertz CT molecular complexity index is 868. The lowest BCUT2D eigenvalue weighted by molar-refractivity contribution is -0.137. The summed E-state index contributed by atoms with van der Waals surface area (Å²) >= 11 is 0. The average Bonchev–Trinajstić information content (AvgIpc) is 2.68. The first kappa shape index (κ1) is 20.8. The van der Waals surface area contributed by atoms with Gasteiger partial charge in [0.25, 0.3) is 11.8 Å². The van der Waals surface area contributed by atoms with E-state index in [9.17, 15) is 14.4 Å². The van der Waals surface area contributed by atoms with E-state index in [1.165, 1.54) is 0 Å². The molecule has 28 heavy (non-hydrogen) atoms. The van der Waals surface area contributed by atoms with Crippen molar-refractivity contribution in [3.8, 4) is 0 Å². The van der Waals surface area contributed by atoms with Crippen molar-refractivity contribution >= 4 is 23.3 Å². The third kappa shape index (κ3) is 5.51. The molecule has 0 aromatic heterocycles. The van der Waals surface area contributed by atoms with E-state index in [-0.39, 0.29) is 6.42 Å². The second kappa shape index (κ2) is 10.0. The van der Waals surface area contributed by atoms with Crippen LogP contribution in [0.1, 0.15) is 35.7 Å². The molecule has 0 saturated carbocycles. The van der Waals surface area contributed by atoms with E-state index in [4.69, 9.17) is 10.5 Å². The van der Waals surface area contributed by atoms with Gasteiger partial charge in [0, 0.05) is 16.8 Å². The number of nitrogens with two attached hydrogens (primary N) is 1. The Hall–Kier alpha value is -3.48. The molecule has 1 aromatic rings. The smallest absolute Gasteiger partial charge is 0.287 e. The lowest BCUT2D eigenvalue weighted by atomic mass is 10.0. The number of benzene rings is 1. The number of Topliss-reactive ketones (excluding diaryl/α,β-unsaturated/α-hetero) is 1. The van der Waals surface area contributed by atoms with E-state index in [1.807, 2.05) is 0 Å². The quantitative estimate of drug-likeness (QED) is 0.616. The molecule has 7 nitrogen and oxygen atoms in total. The number of nitrogens with zero attached hydrogens (tertiary/aromatic N) is 1. The standard InChI is InChI=1S/C21H23N3O4/c1-3-9-18-23-14(2)15-10-6-7-11-16(15)21(27)24-17(19(25)20(22)26)12-5-4-8-13-28-18/h3-7,9-11,17H,1,8,12-13H2,2H3,(H2,22,26)(H,24,27)/b5-4-,18-9+,23-14+. The second-order valence-corrected chi connectivity index (χ2v) is 6.08. The molecule has 2 rings (SSSR count). The molecule has 1 heterocycles. The molecule has 1 aliphatic heterocycles. The van der Waals surface area contributed by atoms with E-state index in [0.29, 0.717) is 35.7 Å². The van der Waals surface area contributed by atoms with Gasteiger partial charge < -0.3 is 15.8 Å². The lowest BCUT2D eigenvalue weighted by Gasteiger charge is -2.17. The summed E-state index contributed by atoms with van der Waals surface area (Å²) in [6, 6.07) is 5.81. The van der Waals surface area contributed by atoms with Crippen LogP contribution in [0, 0.1) is 0 Å². The fourth-order valence-electron chi connectivity index (χ4n) is 2.66. The number of amides is 2. The van der Waals surface area contributed by atoms with E-state index >= 15 is 0 Å². The monoisotopic (exact) mass is 381 g/mol. The van der Waals surface area contributed by atoms with Gasteiger partial charge in [0.2, 0.25) is 11.7 Å². The Morgan fingerprint density at radius 3 is 2.68 bits per heavy atom. The molecule has 1 unspecified atom stereocenters. The highest BCUT2D eigenvalue weighted by Crippen LogP contribution is 2.14. The van der Waals surface area contributed by atoms with Gasteiger partial charge in [0.15, 0.2) is 0 Å². The van der Waals surface area contributed by atoms with Crippen molar-refractivity contribution in [3.05, 3.63) is 72.2 Å².